The van der Waals surface area contributed by atoms with Crippen LogP contribution in [0.1, 0.15) is 36.7 Å². The summed E-state index contributed by atoms with van der Waals surface area (Å²) in [6.07, 6.45) is 3.19. The maximum Gasteiger partial charge on any atom is 0.266 e. The van der Waals surface area contributed by atoms with E-state index < -0.39 is 5.41 Å². The summed E-state index contributed by atoms with van der Waals surface area (Å²) in [5.74, 6) is 0.376. The summed E-state index contributed by atoms with van der Waals surface area (Å²) in [6, 6.07) is 14.0. The Morgan fingerprint density at radius 1 is 1.10 bits per heavy atom. The minimum Gasteiger partial charge on any atom is -0.497 e. The number of carbonyl (C=O) groups is 2. The van der Waals surface area contributed by atoms with Gasteiger partial charge in [0.2, 0.25) is 0 Å². The van der Waals surface area contributed by atoms with E-state index in [9.17, 15) is 14.4 Å². The molecular weight excluding hydrogens is 412 g/mol. The number of hydrogen-bond donors (Lipinski definition) is 2. The van der Waals surface area contributed by atoms with Gasteiger partial charge in [0.1, 0.15) is 5.75 Å². The molecule has 1 heterocycles. The van der Waals surface area contributed by atoms with Crippen LogP contribution >= 0.6 is 11.3 Å². The second-order valence-electron chi connectivity index (χ2n) is 8.00. The monoisotopic (exact) mass is 436 g/mol. The van der Waals surface area contributed by atoms with Gasteiger partial charge in [-0.25, -0.2) is 0 Å². The van der Waals surface area contributed by atoms with E-state index in [1.54, 1.807) is 55.7 Å². The van der Waals surface area contributed by atoms with Gasteiger partial charge in [-0.2, -0.15) is 0 Å². The van der Waals surface area contributed by atoms with E-state index in [-0.39, 0.29) is 17.2 Å². The van der Waals surface area contributed by atoms with Crippen molar-refractivity contribution in [2.75, 3.05) is 12.4 Å². The smallest absolute Gasteiger partial charge is 0.266 e. The van der Waals surface area contributed by atoms with Crippen LogP contribution in [-0.4, -0.2) is 23.8 Å². The lowest BCUT2D eigenvalue weighted by molar-refractivity contribution is -0.119. The molecule has 2 aromatic carbocycles. The lowest BCUT2D eigenvalue weighted by Gasteiger charge is -2.12. The highest BCUT2D eigenvalue weighted by molar-refractivity contribution is 7.07. The van der Waals surface area contributed by atoms with Crippen molar-refractivity contribution in [3.05, 3.63) is 79.2 Å². The molecule has 0 aliphatic heterocycles. The number of carbonyl (C=O) groups excluding carboxylic acids is 2. The van der Waals surface area contributed by atoms with Crippen molar-refractivity contribution in [2.24, 2.45) is 5.41 Å². The fourth-order valence-electron chi connectivity index (χ4n) is 2.66. The molecule has 3 rings (SSSR count). The number of aromatic amines is 1. The lowest BCUT2D eigenvalue weighted by Crippen LogP contribution is -2.22. The van der Waals surface area contributed by atoms with Gasteiger partial charge in [-0.05, 0) is 48.0 Å². The van der Waals surface area contributed by atoms with Gasteiger partial charge >= 0.3 is 0 Å². The molecule has 0 atom stereocenters. The summed E-state index contributed by atoms with van der Waals surface area (Å²) < 4.78 is 6.10. The third kappa shape index (κ3) is 5.79. The van der Waals surface area contributed by atoms with Crippen LogP contribution in [0.5, 0.6) is 5.75 Å². The quantitative estimate of drug-likeness (QED) is 0.644. The highest BCUT2D eigenvalue weighted by atomic mass is 32.1. The Kier molecular flexibility index (Phi) is 6.56. The number of methoxy groups -OCH3 is 1. The number of nitrogens with one attached hydrogen (secondary N) is 2. The number of benzene rings is 2. The van der Waals surface area contributed by atoms with Crippen LogP contribution in [0.2, 0.25) is 0 Å². The van der Waals surface area contributed by atoms with E-state index >= 15 is 0 Å². The normalized spacial score (nSPS) is 12.6. The van der Waals surface area contributed by atoms with Crippen LogP contribution in [0.4, 0.5) is 5.69 Å². The zero-order chi connectivity index (χ0) is 22.6. The summed E-state index contributed by atoms with van der Waals surface area (Å²) >= 11 is 1.22. The first-order valence-corrected chi connectivity index (χ1v) is 10.5. The summed E-state index contributed by atoms with van der Waals surface area (Å²) in [5, 5.41) is 2.85. The van der Waals surface area contributed by atoms with Crippen molar-refractivity contribution in [2.45, 2.75) is 20.8 Å². The van der Waals surface area contributed by atoms with Gasteiger partial charge in [0.15, 0.2) is 5.78 Å². The second-order valence-corrected chi connectivity index (χ2v) is 9.08. The van der Waals surface area contributed by atoms with Gasteiger partial charge in [-0.1, -0.05) is 32.9 Å². The van der Waals surface area contributed by atoms with Crippen molar-refractivity contribution in [1.29, 1.82) is 0 Å². The number of anilines is 1. The molecule has 1 amide bonds. The zero-order valence-corrected chi connectivity index (χ0v) is 18.6. The summed E-state index contributed by atoms with van der Waals surface area (Å²) in [7, 11) is 1.57. The van der Waals surface area contributed by atoms with Crippen molar-refractivity contribution in [3.63, 3.8) is 0 Å². The number of aromatic nitrogens is 1. The standard InChI is InChI=1S/C24H24N2O4S/c1-24(2,3)20(27)14-21-26-23(29)19(31-21)13-15-6-5-7-17(12-15)25-22(28)16-8-10-18(30-4)11-9-16/h5-14H,1-4H3,(H,25,28)(H,26,29)/b19-13-,21-14+. The molecule has 0 radical (unpaired) electrons. The van der Waals surface area contributed by atoms with Gasteiger partial charge < -0.3 is 15.0 Å². The summed E-state index contributed by atoms with van der Waals surface area (Å²) in [4.78, 5) is 39.7. The number of Topliss-reactive ketones (excluding diaryl/α,β-unsaturated/α-hetero) is 1. The van der Waals surface area contributed by atoms with Crippen LogP contribution in [0.15, 0.2) is 53.3 Å². The predicted octanol–water partition coefficient (Wildman–Crippen LogP) is 2.92. The topological polar surface area (TPSA) is 88.3 Å². The van der Waals surface area contributed by atoms with E-state index in [0.29, 0.717) is 26.2 Å². The molecule has 3 aromatic rings. The van der Waals surface area contributed by atoms with Gasteiger partial charge in [-0.3, -0.25) is 14.4 Å². The van der Waals surface area contributed by atoms with Crippen molar-refractivity contribution >= 4 is 40.9 Å². The Morgan fingerprint density at radius 3 is 2.45 bits per heavy atom. The average Bonchev–Trinajstić information content (AvgIpc) is 3.06. The van der Waals surface area contributed by atoms with Crippen molar-refractivity contribution in [3.8, 4) is 5.75 Å². The molecule has 31 heavy (non-hydrogen) atoms. The molecule has 0 aliphatic carbocycles. The molecule has 0 unspecified atom stereocenters. The third-order valence-electron chi connectivity index (χ3n) is 4.48. The Labute approximate surface area is 183 Å². The highest BCUT2D eigenvalue weighted by Gasteiger charge is 2.18. The highest BCUT2D eigenvalue weighted by Crippen LogP contribution is 2.16. The molecule has 2 N–H and O–H groups in total. The molecule has 0 aliphatic rings. The number of H-pyrrole nitrogens is 1. The number of rotatable bonds is 5. The minimum atomic E-state index is -0.513. The van der Waals surface area contributed by atoms with Crippen LogP contribution < -0.4 is 24.8 Å². The molecule has 1 aromatic heterocycles. The van der Waals surface area contributed by atoms with E-state index in [2.05, 4.69) is 10.3 Å². The molecule has 0 bridgehead atoms. The van der Waals surface area contributed by atoms with Crippen LogP contribution in [-0.2, 0) is 4.79 Å². The molecule has 0 saturated carbocycles. The molecule has 0 saturated heterocycles. The Balaban J connectivity index is 1.84. The van der Waals surface area contributed by atoms with Crippen molar-refractivity contribution < 1.29 is 14.3 Å². The molecule has 6 nitrogen and oxygen atoms in total. The molecule has 0 spiro atoms. The van der Waals surface area contributed by atoms with E-state index in [4.69, 9.17) is 4.74 Å². The van der Waals surface area contributed by atoms with E-state index in [1.165, 1.54) is 17.4 Å². The Bertz CT molecular complexity index is 1280. The number of ketones is 1. The predicted molar refractivity (Wildman–Crippen MR) is 124 cm³/mol. The number of ether oxygens (including phenoxy) is 1. The number of hydrogen-bond acceptors (Lipinski definition) is 5. The number of amides is 1. The largest absolute Gasteiger partial charge is 0.497 e. The van der Waals surface area contributed by atoms with Crippen LogP contribution in [0.25, 0.3) is 12.2 Å². The first-order chi connectivity index (χ1) is 14.7. The Hall–Kier alpha value is -3.45. The third-order valence-corrected chi connectivity index (χ3v) is 5.44. The zero-order valence-electron chi connectivity index (χ0n) is 17.8. The van der Waals surface area contributed by atoms with Gasteiger partial charge in [0.25, 0.3) is 11.5 Å². The van der Waals surface area contributed by atoms with Crippen LogP contribution in [0.3, 0.4) is 0 Å². The van der Waals surface area contributed by atoms with E-state index in [0.717, 1.165) is 5.56 Å². The van der Waals surface area contributed by atoms with E-state index in [1.807, 2.05) is 26.8 Å². The van der Waals surface area contributed by atoms with Crippen LogP contribution in [0, 0.1) is 5.41 Å². The fourth-order valence-corrected chi connectivity index (χ4v) is 3.55. The number of thiazole rings is 1. The minimum absolute atomic E-state index is 0.0557. The molecule has 160 valence electrons. The summed E-state index contributed by atoms with van der Waals surface area (Å²) in [6.45, 7) is 5.49. The maximum atomic E-state index is 12.5. The van der Waals surface area contributed by atoms with Gasteiger partial charge in [-0.15, -0.1) is 11.3 Å². The summed E-state index contributed by atoms with van der Waals surface area (Å²) in [5.41, 5.74) is 1.10. The fraction of sp³-hybridized carbons (Fsp3) is 0.208. The average molecular weight is 437 g/mol. The second kappa shape index (κ2) is 9.14. The molecule has 0 fully saturated rings. The SMILES string of the molecule is COc1ccc(C(=O)Nc2cccc(/C=c3\s/c(=C/C(=O)C(C)(C)C)[nH]c3=O)c2)cc1. The Morgan fingerprint density at radius 2 is 1.81 bits per heavy atom. The maximum absolute atomic E-state index is 12.5. The first kappa shape index (κ1) is 22.2. The van der Waals surface area contributed by atoms with Gasteiger partial charge in [0, 0.05) is 22.7 Å². The first-order valence-electron chi connectivity index (χ1n) is 9.68. The molecular formula is C24H24N2O4S. The molecule has 7 heteroatoms. The van der Waals surface area contributed by atoms with Gasteiger partial charge in [0.05, 0.1) is 16.3 Å². The van der Waals surface area contributed by atoms with Crippen molar-refractivity contribution in [1.82, 2.24) is 4.98 Å². The lowest BCUT2D eigenvalue weighted by atomic mass is 9.91.